The SMILES string of the molecule is CNCc1ccc2sccc2c1. The largest absolute Gasteiger partial charge is 0.316 e. The van der Waals surface area contributed by atoms with Crippen LogP contribution in [-0.4, -0.2) is 7.05 Å². The van der Waals surface area contributed by atoms with Gasteiger partial charge in [-0.1, -0.05) is 6.07 Å². The van der Waals surface area contributed by atoms with Crippen molar-refractivity contribution in [3.63, 3.8) is 0 Å². The monoisotopic (exact) mass is 177 g/mol. The molecular formula is C10H11NS. The molecule has 0 saturated carbocycles. The van der Waals surface area contributed by atoms with E-state index in [1.807, 2.05) is 7.05 Å². The molecule has 1 heterocycles. The Bertz CT molecular complexity index is 378. The quantitative estimate of drug-likeness (QED) is 0.743. The van der Waals surface area contributed by atoms with Crippen LogP contribution >= 0.6 is 11.3 Å². The topological polar surface area (TPSA) is 12.0 Å². The second-order valence-electron chi connectivity index (χ2n) is 2.82. The highest BCUT2D eigenvalue weighted by Gasteiger charge is 1.95. The van der Waals surface area contributed by atoms with Crippen molar-refractivity contribution in [2.75, 3.05) is 7.05 Å². The molecule has 2 aromatic rings. The molecular weight excluding hydrogens is 166 g/mol. The van der Waals surface area contributed by atoms with Crippen molar-refractivity contribution in [2.24, 2.45) is 0 Å². The van der Waals surface area contributed by atoms with Gasteiger partial charge in [-0.05, 0) is 41.6 Å². The molecule has 0 amide bonds. The van der Waals surface area contributed by atoms with Crippen LogP contribution in [0.4, 0.5) is 0 Å². The lowest BCUT2D eigenvalue weighted by Gasteiger charge is -1.98. The molecule has 2 heteroatoms. The average molecular weight is 177 g/mol. The van der Waals surface area contributed by atoms with Gasteiger partial charge in [0.25, 0.3) is 0 Å². The Hall–Kier alpha value is -0.860. The van der Waals surface area contributed by atoms with Crippen molar-refractivity contribution < 1.29 is 0 Å². The van der Waals surface area contributed by atoms with E-state index in [1.165, 1.54) is 15.6 Å². The zero-order valence-electron chi connectivity index (χ0n) is 7.00. The highest BCUT2D eigenvalue weighted by atomic mass is 32.1. The number of benzene rings is 1. The fourth-order valence-corrected chi connectivity index (χ4v) is 2.10. The lowest BCUT2D eigenvalue weighted by atomic mass is 10.2. The van der Waals surface area contributed by atoms with Gasteiger partial charge in [0.15, 0.2) is 0 Å². The molecule has 0 aliphatic rings. The second-order valence-corrected chi connectivity index (χ2v) is 3.77. The van der Waals surface area contributed by atoms with E-state index in [2.05, 4.69) is 35.0 Å². The van der Waals surface area contributed by atoms with Crippen molar-refractivity contribution in [3.8, 4) is 0 Å². The highest BCUT2D eigenvalue weighted by molar-refractivity contribution is 7.17. The molecule has 0 aliphatic heterocycles. The standard InChI is InChI=1S/C10H11NS/c1-11-7-8-2-3-10-9(6-8)4-5-12-10/h2-6,11H,7H2,1H3. The van der Waals surface area contributed by atoms with Crippen LogP contribution < -0.4 is 5.32 Å². The minimum Gasteiger partial charge on any atom is -0.316 e. The molecule has 62 valence electrons. The Morgan fingerprint density at radius 2 is 2.25 bits per heavy atom. The molecule has 0 radical (unpaired) electrons. The van der Waals surface area contributed by atoms with Gasteiger partial charge < -0.3 is 5.32 Å². The summed E-state index contributed by atoms with van der Waals surface area (Å²) in [5, 5.41) is 6.63. The van der Waals surface area contributed by atoms with Gasteiger partial charge in [-0.3, -0.25) is 0 Å². The van der Waals surface area contributed by atoms with Crippen LogP contribution in [0.3, 0.4) is 0 Å². The van der Waals surface area contributed by atoms with Crippen LogP contribution in [0.15, 0.2) is 29.6 Å². The van der Waals surface area contributed by atoms with Gasteiger partial charge in [0.1, 0.15) is 0 Å². The molecule has 1 nitrogen and oxygen atoms in total. The van der Waals surface area contributed by atoms with Crippen molar-refractivity contribution in [3.05, 3.63) is 35.2 Å². The van der Waals surface area contributed by atoms with E-state index < -0.39 is 0 Å². The molecule has 0 unspecified atom stereocenters. The summed E-state index contributed by atoms with van der Waals surface area (Å²) in [5.41, 5.74) is 1.35. The van der Waals surface area contributed by atoms with Crippen molar-refractivity contribution in [1.29, 1.82) is 0 Å². The molecule has 0 saturated heterocycles. The highest BCUT2D eigenvalue weighted by Crippen LogP contribution is 2.21. The molecule has 0 aliphatic carbocycles. The zero-order chi connectivity index (χ0) is 8.39. The molecule has 0 atom stereocenters. The number of hydrogen-bond acceptors (Lipinski definition) is 2. The maximum absolute atomic E-state index is 3.14. The molecule has 0 spiro atoms. The Balaban J connectivity index is 2.46. The maximum Gasteiger partial charge on any atom is 0.0342 e. The van der Waals surface area contributed by atoms with Gasteiger partial charge in [-0.15, -0.1) is 11.3 Å². The van der Waals surface area contributed by atoms with E-state index in [4.69, 9.17) is 0 Å². The minimum absolute atomic E-state index is 0.950. The van der Waals surface area contributed by atoms with Gasteiger partial charge >= 0.3 is 0 Å². The van der Waals surface area contributed by atoms with E-state index in [-0.39, 0.29) is 0 Å². The summed E-state index contributed by atoms with van der Waals surface area (Å²) in [5.74, 6) is 0. The fraction of sp³-hybridized carbons (Fsp3) is 0.200. The molecule has 1 aromatic heterocycles. The Labute approximate surface area is 76.0 Å². The molecule has 0 bridgehead atoms. The second kappa shape index (κ2) is 3.25. The van der Waals surface area contributed by atoms with Crippen LogP contribution in [0.25, 0.3) is 10.1 Å². The Morgan fingerprint density at radius 3 is 3.08 bits per heavy atom. The first-order chi connectivity index (χ1) is 5.90. The summed E-state index contributed by atoms with van der Waals surface area (Å²) >= 11 is 1.79. The lowest BCUT2D eigenvalue weighted by molar-refractivity contribution is 0.819. The van der Waals surface area contributed by atoms with E-state index in [1.54, 1.807) is 11.3 Å². The Kier molecular flexibility index (Phi) is 2.11. The number of thiophene rings is 1. The zero-order valence-corrected chi connectivity index (χ0v) is 7.82. The summed E-state index contributed by atoms with van der Waals surface area (Å²) in [4.78, 5) is 0. The van der Waals surface area contributed by atoms with Gasteiger partial charge in [0.05, 0.1) is 0 Å². The van der Waals surface area contributed by atoms with Crippen LogP contribution in [0.5, 0.6) is 0 Å². The third kappa shape index (κ3) is 1.36. The van der Waals surface area contributed by atoms with Crippen LogP contribution in [0.1, 0.15) is 5.56 Å². The lowest BCUT2D eigenvalue weighted by Crippen LogP contribution is -2.04. The number of fused-ring (bicyclic) bond motifs is 1. The predicted molar refractivity (Wildman–Crippen MR) is 54.6 cm³/mol. The van der Waals surface area contributed by atoms with Crippen LogP contribution in [-0.2, 0) is 6.54 Å². The van der Waals surface area contributed by atoms with Crippen molar-refractivity contribution in [2.45, 2.75) is 6.54 Å². The smallest absolute Gasteiger partial charge is 0.0342 e. The van der Waals surface area contributed by atoms with E-state index in [0.717, 1.165) is 6.54 Å². The third-order valence-electron chi connectivity index (χ3n) is 1.90. The fourth-order valence-electron chi connectivity index (χ4n) is 1.33. The molecule has 0 fully saturated rings. The van der Waals surface area contributed by atoms with Gasteiger partial charge in [0, 0.05) is 11.2 Å². The van der Waals surface area contributed by atoms with Crippen LogP contribution in [0, 0.1) is 0 Å². The van der Waals surface area contributed by atoms with Gasteiger partial charge in [-0.25, -0.2) is 0 Å². The first-order valence-electron chi connectivity index (χ1n) is 4.01. The number of hydrogen-bond donors (Lipinski definition) is 1. The first-order valence-corrected chi connectivity index (χ1v) is 4.89. The van der Waals surface area contributed by atoms with Gasteiger partial charge in [-0.2, -0.15) is 0 Å². The number of rotatable bonds is 2. The van der Waals surface area contributed by atoms with Crippen molar-refractivity contribution in [1.82, 2.24) is 5.32 Å². The third-order valence-corrected chi connectivity index (χ3v) is 2.80. The summed E-state index contributed by atoms with van der Waals surface area (Å²) in [6.07, 6.45) is 0. The molecule has 1 aromatic carbocycles. The average Bonchev–Trinajstić information content (AvgIpc) is 2.51. The van der Waals surface area contributed by atoms with Crippen LogP contribution in [0.2, 0.25) is 0 Å². The maximum atomic E-state index is 3.14. The summed E-state index contributed by atoms with van der Waals surface area (Å²) in [6, 6.07) is 8.77. The summed E-state index contributed by atoms with van der Waals surface area (Å²) in [7, 11) is 1.97. The Morgan fingerprint density at radius 1 is 1.33 bits per heavy atom. The molecule has 12 heavy (non-hydrogen) atoms. The van der Waals surface area contributed by atoms with E-state index in [0.29, 0.717) is 0 Å². The first kappa shape index (κ1) is 7.77. The van der Waals surface area contributed by atoms with Crippen molar-refractivity contribution >= 4 is 21.4 Å². The molecule has 2 rings (SSSR count). The minimum atomic E-state index is 0.950. The normalized spacial score (nSPS) is 10.8. The van der Waals surface area contributed by atoms with Gasteiger partial charge in [0.2, 0.25) is 0 Å². The number of nitrogens with one attached hydrogen (secondary N) is 1. The summed E-state index contributed by atoms with van der Waals surface area (Å²) in [6.45, 7) is 0.950. The van der Waals surface area contributed by atoms with E-state index >= 15 is 0 Å². The molecule has 1 N–H and O–H groups in total. The summed E-state index contributed by atoms with van der Waals surface area (Å²) < 4.78 is 1.37. The van der Waals surface area contributed by atoms with E-state index in [9.17, 15) is 0 Å². The predicted octanol–water partition coefficient (Wildman–Crippen LogP) is 2.62.